The van der Waals surface area contributed by atoms with Crippen LogP contribution in [-0.2, 0) is 6.42 Å². The molecule has 0 saturated heterocycles. The first-order chi connectivity index (χ1) is 10.2. The zero-order valence-electron chi connectivity index (χ0n) is 13.4. The predicted octanol–water partition coefficient (Wildman–Crippen LogP) is 3.71. The van der Waals surface area contributed by atoms with Crippen molar-refractivity contribution in [2.45, 2.75) is 71.0 Å². The number of aliphatic hydroxyl groups is 2. The van der Waals surface area contributed by atoms with Crippen molar-refractivity contribution in [3.05, 3.63) is 29.8 Å². The van der Waals surface area contributed by atoms with Gasteiger partial charge in [0.1, 0.15) is 5.75 Å². The third kappa shape index (κ3) is 7.49. The molecule has 1 aromatic carbocycles. The van der Waals surface area contributed by atoms with Gasteiger partial charge in [-0.1, -0.05) is 45.2 Å². The summed E-state index contributed by atoms with van der Waals surface area (Å²) >= 11 is 0. The Morgan fingerprint density at radius 2 is 1.67 bits per heavy atom. The molecule has 120 valence electrons. The van der Waals surface area contributed by atoms with E-state index in [1.165, 1.54) is 19.3 Å². The first-order valence-electron chi connectivity index (χ1n) is 8.25. The maximum atomic E-state index is 9.75. The summed E-state index contributed by atoms with van der Waals surface area (Å²) in [6.45, 7) is 4.86. The monoisotopic (exact) mass is 294 g/mol. The van der Waals surface area contributed by atoms with Crippen LogP contribution in [-0.4, -0.2) is 29.0 Å². The van der Waals surface area contributed by atoms with E-state index < -0.39 is 12.2 Å². The van der Waals surface area contributed by atoms with Gasteiger partial charge < -0.3 is 14.9 Å². The summed E-state index contributed by atoms with van der Waals surface area (Å²) in [4.78, 5) is 0. The molecule has 3 nitrogen and oxygen atoms in total. The molecule has 0 aliphatic rings. The number of rotatable bonds is 11. The Morgan fingerprint density at radius 1 is 0.952 bits per heavy atom. The van der Waals surface area contributed by atoms with Crippen molar-refractivity contribution in [2.24, 2.45) is 0 Å². The van der Waals surface area contributed by atoms with Crippen LogP contribution >= 0.6 is 0 Å². The molecule has 0 radical (unpaired) electrons. The quantitative estimate of drug-likeness (QED) is 0.612. The normalized spacial score (nSPS) is 13.9. The highest BCUT2D eigenvalue weighted by Crippen LogP contribution is 2.15. The Labute approximate surface area is 129 Å². The van der Waals surface area contributed by atoms with E-state index in [0.29, 0.717) is 12.8 Å². The van der Waals surface area contributed by atoms with Crippen LogP contribution in [0.25, 0.3) is 0 Å². The maximum Gasteiger partial charge on any atom is 0.119 e. The smallest absolute Gasteiger partial charge is 0.119 e. The van der Waals surface area contributed by atoms with Gasteiger partial charge in [0.2, 0.25) is 0 Å². The van der Waals surface area contributed by atoms with Crippen molar-refractivity contribution in [1.82, 2.24) is 0 Å². The molecule has 0 heterocycles. The van der Waals surface area contributed by atoms with Gasteiger partial charge in [0.05, 0.1) is 18.8 Å². The third-order valence-electron chi connectivity index (χ3n) is 3.78. The van der Waals surface area contributed by atoms with Crippen LogP contribution in [0.3, 0.4) is 0 Å². The SMILES string of the molecule is CCCCCCOc1ccc(CCC(O)C(O)CC)cc1. The van der Waals surface area contributed by atoms with Gasteiger partial charge in [-0.15, -0.1) is 0 Å². The minimum Gasteiger partial charge on any atom is -0.494 e. The maximum absolute atomic E-state index is 9.75. The molecule has 0 spiro atoms. The summed E-state index contributed by atoms with van der Waals surface area (Å²) in [6, 6.07) is 8.04. The lowest BCUT2D eigenvalue weighted by Crippen LogP contribution is -2.25. The number of aliphatic hydroxyl groups excluding tert-OH is 2. The van der Waals surface area contributed by atoms with Crippen LogP contribution in [0.15, 0.2) is 24.3 Å². The van der Waals surface area contributed by atoms with E-state index in [0.717, 1.165) is 30.8 Å². The second-order valence-corrected chi connectivity index (χ2v) is 5.63. The molecule has 1 aromatic rings. The minimum absolute atomic E-state index is 0.589. The van der Waals surface area contributed by atoms with E-state index in [2.05, 4.69) is 6.92 Å². The molecule has 0 bridgehead atoms. The summed E-state index contributed by atoms with van der Waals surface area (Å²) in [5.74, 6) is 0.907. The standard InChI is InChI=1S/C18H30O3/c1-3-5-6-7-14-21-16-11-8-15(9-12-16)10-13-18(20)17(19)4-2/h8-9,11-12,17-20H,3-7,10,13-14H2,1-2H3. The Bertz CT molecular complexity index is 361. The summed E-state index contributed by atoms with van der Waals surface area (Å²) < 4.78 is 5.70. The van der Waals surface area contributed by atoms with E-state index in [1.54, 1.807) is 0 Å². The lowest BCUT2D eigenvalue weighted by molar-refractivity contribution is 0.0130. The second kappa shape index (κ2) is 10.6. The van der Waals surface area contributed by atoms with Crippen LogP contribution in [0.2, 0.25) is 0 Å². The van der Waals surface area contributed by atoms with Gasteiger partial charge in [-0.25, -0.2) is 0 Å². The molecule has 0 fully saturated rings. The van der Waals surface area contributed by atoms with Crippen molar-refractivity contribution < 1.29 is 14.9 Å². The van der Waals surface area contributed by atoms with Gasteiger partial charge in [0.15, 0.2) is 0 Å². The zero-order valence-corrected chi connectivity index (χ0v) is 13.4. The fourth-order valence-electron chi connectivity index (χ4n) is 2.25. The Morgan fingerprint density at radius 3 is 2.29 bits per heavy atom. The third-order valence-corrected chi connectivity index (χ3v) is 3.78. The molecule has 21 heavy (non-hydrogen) atoms. The topological polar surface area (TPSA) is 49.7 Å². The van der Waals surface area contributed by atoms with E-state index >= 15 is 0 Å². The Balaban J connectivity index is 2.27. The van der Waals surface area contributed by atoms with Crippen molar-refractivity contribution in [3.63, 3.8) is 0 Å². The molecule has 0 aromatic heterocycles. The number of aryl methyl sites for hydroxylation is 1. The fraction of sp³-hybridized carbons (Fsp3) is 0.667. The molecule has 0 amide bonds. The lowest BCUT2D eigenvalue weighted by atomic mass is 10.0. The molecule has 2 atom stereocenters. The van der Waals surface area contributed by atoms with Gasteiger partial charge in [0, 0.05) is 0 Å². The molecule has 2 N–H and O–H groups in total. The molecule has 2 unspecified atom stereocenters. The molecule has 3 heteroatoms. The molecule has 0 saturated carbocycles. The Hall–Kier alpha value is -1.06. The number of hydrogen-bond donors (Lipinski definition) is 2. The van der Waals surface area contributed by atoms with Crippen molar-refractivity contribution in [3.8, 4) is 5.75 Å². The van der Waals surface area contributed by atoms with Gasteiger partial charge >= 0.3 is 0 Å². The van der Waals surface area contributed by atoms with Crippen molar-refractivity contribution in [1.29, 1.82) is 0 Å². The largest absolute Gasteiger partial charge is 0.494 e. The van der Waals surface area contributed by atoms with Crippen LogP contribution < -0.4 is 4.74 Å². The molecule has 0 aliphatic heterocycles. The molecular formula is C18H30O3. The highest BCUT2D eigenvalue weighted by molar-refractivity contribution is 5.27. The van der Waals surface area contributed by atoms with E-state index in [4.69, 9.17) is 4.74 Å². The van der Waals surface area contributed by atoms with Crippen LogP contribution in [0.4, 0.5) is 0 Å². The highest BCUT2D eigenvalue weighted by Gasteiger charge is 2.13. The lowest BCUT2D eigenvalue weighted by Gasteiger charge is -2.15. The number of hydrogen-bond acceptors (Lipinski definition) is 3. The van der Waals surface area contributed by atoms with Gasteiger partial charge in [-0.3, -0.25) is 0 Å². The van der Waals surface area contributed by atoms with Crippen molar-refractivity contribution in [2.75, 3.05) is 6.61 Å². The summed E-state index contributed by atoms with van der Waals surface area (Å²) in [5, 5.41) is 19.3. The average molecular weight is 294 g/mol. The van der Waals surface area contributed by atoms with E-state index in [1.807, 2.05) is 31.2 Å². The number of unbranched alkanes of at least 4 members (excludes halogenated alkanes) is 3. The van der Waals surface area contributed by atoms with Gasteiger partial charge in [0.25, 0.3) is 0 Å². The highest BCUT2D eigenvalue weighted by atomic mass is 16.5. The average Bonchev–Trinajstić information content (AvgIpc) is 2.52. The summed E-state index contributed by atoms with van der Waals surface area (Å²) in [7, 11) is 0. The molecule has 1 rings (SSSR count). The van der Waals surface area contributed by atoms with Crippen LogP contribution in [0, 0.1) is 0 Å². The first-order valence-corrected chi connectivity index (χ1v) is 8.25. The first kappa shape index (κ1) is 18.0. The van der Waals surface area contributed by atoms with E-state index in [9.17, 15) is 10.2 Å². The predicted molar refractivity (Wildman–Crippen MR) is 86.7 cm³/mol. The van der Waals surface area contributed by atoms with Crippen LogP contribution in [0.1, 0.15) is 57.9 Å². The second-order valence-electron chi connectivity index (χ2n) is 5.63. The number of ether oxygens (including phenoxy) is 1. The summed E-state index contributed by atoms with van der Waals surface area (Å²) in [5.41, 5.74) is 1.16. The summed E-state index contributed by atoms with van der Waals surface area (Å²) in [6.07, 6.45) is 5.55. The van der Waals surface area contributed by atoms with Crippen molar-refractivity contribution >= 4 is 0 Å². The van der Waals surface area contributed by atoms with E-state index in [-0.39, 0.29) is 0 Å². The minimum atomic E-state index is -0.635. The zero-order chi connectivity index (χ0) is 15.5. The fourth-order valence-corrected chi connectivity index (χ4v) is 2.25. The Kier molecular flexibility index (Phi) is 9.11. The number of benzene rings is 1. The van der Waals surface area contributed by atoms with Gasteiger partial charge in [-0.05, 0) is 43.4 Å². The molecular weight excluding hydrogens is 264 g/mol. The van der Waals surface area contributed by atoms with Gasteiger partial charge in [-0.2, -0.15) is 0 Å². The van der Waals surface area contributed by atoms with Crippen LogP contribution in [0.5, 0.6) is 5.75 Å². The molecule has 0 aliphatic carbocycles.